The lowest BCUT2D eigenvalue weighted by atomic mass is 9.99. The van der Waals surface area contributed by atoms with E-state index in [1.807, 2.05) is 39.9 Å². The Morgan fingerprint density at radius 2 is 1.96 bits per heavy atom. The molecule has 1 amide bonds. The lowest BCUT2D eigenvalue weighted by molar-refractivity contribution is 0.0530. The average molecular weight is 377 g/mol. The number of fused-ring (bicyclic) bond motifs is 1. The molecular formula is C21H23N5O2. The minimum absolute atomic E-state index is 0.117. The molecule has 1 aliphatic heterocycles. The Hall–Kier alpha value is -3.22. The highest BCUT2D eigenvalue weighted by molar-refractivity contribution is 5.93. The average Bonchev–Trinajstić information content (AvgIpc) is 3.17. The summed E-state index contributed by atoms with van der Waals surface area (Å²) < 4.78 is 7.16. The molecule has 0 N–H and O–H groups in total. The number of hydrogen-bond acceptors (Lipinski definition) is 5. The van der Waals surface area contributed by atoms with Gasteiger partial charge >= 0.3 is 0 Å². The van der Waals surface area contributed by atoms with Crippen molar-refractivity contribution >= 4 is 5.91 Å². The fourth-order valence-corrected chi connectivity index (χ4v) is 3.62. The van der Waals surface area contributed by atoms with Gasteiger partial charge in [0, 0.05) is 24.4 Å². The molecule has 7 nitrogen and oxygen atoms in total. The Morgan fingerprint density at radius 3 is 2.68 bits per heavy atom. The van der Waals surface area contributed by atoms with Crippen LogP contribution in [-0.4, -0.2) is 44.2 Å². The van der Waals surface area contributed by atoms with Crippen LogP contribution in [0.4, 0.5) is 0 Å². The number of nitrogens with zero attached hydrogens (tertiary/aromatic N) is 5. The Balaban J connectivity index is 1.70. The van der Waals surface area contributed by atoms with E-state index in [-0.39, 0.29) is 17.9 Å². The van der Waals surface area contributed by atoms with Crippen LogP contribution in [0, 0.1) is 5.92 Å². The number of rotatable bonds is 4. The van der Waals surface area contributed by atoms with E-state index >= 15 is 0 Å². The summed E-state index contributed by atoms with van der Waals surface area (Å²) in [5.74, 6) is 2.19. The molecule has 1 aliphatic rings. The third-order valence-corrected chi connectivity index (χ3v) is 4.96. The first-order chi connectivity index (χ1) is 13.6. The van der Waals surface area contributed by atoms with Crippen molar-refractivity contribution in [2.45, 2.75) is 26.4 Å². The molecule has 3 aromatic rings. The molecule has 3 heterocycles. The number of benzene rings is 1. The SMILES string of the molecule is COc1ccnc(C(=O)N2CCn3nc(-c4ccccc4)nc3[C@@H]2C(C)C)c1. The van der Waals surface area contributed by atoms with Gasteiger partial charge in [0.1, 0.15) is 11.4 Å². The monoisotopic (exact) mass is 377 g/mol. The van der Waals surface area contributed by atoms with Gasteiger partial charge in [-0.2, -0.15) is 5.10 Å². The Kier molecular flexibility index (Phi) is 4.81. The van der Waals surface area contributed by atoms with Crippen molar-refractivity contribution in [3.05, 3.63) is 60.2 Å². The summed E-state index contributed by atoms with van der Waals surface area (Å²) >= 11 is 0. The lowest BCUT2D eigenvalue weighted by Gasteiger charge is -2.37. The van der Waals surface area contributed by atoms with Gasteiger partial charge in [0.2, 0.25) is 0 Å². The summed E-state index contributed by atoms with van der Waals surface area (Å²) in [5, 5.41) is 4.68. The van der Waals surface area contributed by atoms with E-state index in [9.17, 15) is 4.79 Å². The maximum atomic E-state index is 13.2. The van der Waals surface area contributed by atoms with Crippen LogP contribution in [0.3, 0.4) is 0 Å². The van der Waals surface area contributed by atoms with Gasteiger partial charge in [-0.05, 0) is 12.0 Å². The zero-order valence-electron chi connectivity index (χ0n) is 16.2. The highest BCUT2D eigenvalue weighted by atomic mass is 16.5. The van der Waals surface area contributed by atoms with Crippen molar-refractivity contribution in [3.8, 4) is 17.1 Å². The molecule has 0 saturated heterocycles. The summed E-state index contributed by atoms with van der Waals surface area (Å²) in [6.45, 7) is 5.35. The number of methoxy groups -OCH3 is 1. The van der Waals surface area contributed by atoms with Crippen molar-refractivity contribution in [2.75, 3.05) is 13.7 Å². The number of amides is 1. The Bertz CT molecular complexity index is 983. The molecule has 0 unspecified atom stereocenters. The van der Waals surface area contributed by atoms with Crippen LogP contribution in [0.5, 0.6) is 5.75 Å². The molecule has 0 saturated carbocycles. The molecule has 1 aromatic carbocycles. The van der Waals surface area contributed by atoms with Crippen LogP contribution < -0.4 is 4.74 Å². The van der Waals surface area contributed by atoms with E-state index < -0.39 is 0 Å². The number of pyridine rings is 1. The van der Waals surface area contributed by atoms with Gasteiger partial charge in [-0.1, -0.05) is 44.2 Å². The van der Waals surface area contributed by atoms with Gasteiger partial charge < -0.3 is 9.64 Å². The van der Waals surface area contributed by atoms with Gasteiger partial charge in [-0.15, -0.1) is 0 Å². The van der Waals surface area contributed by atoms with Gasteiger partial charge in [0.05, 0.1) is 19.7 Å². The number of hydrogen-bond donors (Lipinski definition) is 0. The molecular weight excluding hydrogens is 354 g/mol. The van der Waals surface area contributed by atoms with Gasteiger partial charge in [0.15, 0.2) is 11.6 Å². The van der Waals surface area contributed by atoms with Crippen molar-refractivity contribution in [1.29, 1.82) is 0 Å². The van der Waals surface area contributed by atoms with E-state index in [1.165, 1.54) is 0 Å². The quantitative estimate of drug-likeness (QED) is 0.698. The molecule has 144 valence electrons. The largest absolute Gasteiger partial charge is 0.497 e. The van der Waals surface area contributed by atoms with E-state index in [2.05, 4.69) is 23.9 Å². The molecule has 0 spiro atoms. The molecule has 1 atom stereocenters. The second-order valence-electron chi connectivity index (χ2n) is 7.15. The number of carbonyl (C=O) groups excluding carboxylic acids is 1. The van der Waals surface area contributed by atoms with Crippen LogP contribution in [-0.2, 0) is 6.54 Å². The number of ether oxygens (including phenoxy) is 1. The summed E-state index contributed by atoms with van der Waals surface area (Å²) in [4.78, 5) is 24.1. The van der Waals surface area contributed by atoms with Gasteiger partial charge in [0.25, 0.3) is 5.91 Å². The van der Waals surface area contributed by atoms with Gasteiger partial charge in [-0.25, -0.2) is 9.67 Å². The van der Waals surface area contributed by atoms with E-state index in [0.717, 1.165) is 11.4 Å². The Labute approximate surface area is 164 Å². The predicted molar refractivity (Wildman–Crippen MR) is 105 cm³/mol. The fraction of sp³-hybridized carbons (Fsp3) is 0.333. The zero-order valence-corrected chi connectivity index (χ0v) is 16.2. The molecule has 0 radical (unpaired) electrons. The van der Waals surface area contributed by atoms with Crippen molar-refractivity contribution in [2.24, 2.45) is 5.92 Å². The first-order valence-electron chi connectivity index (χ1n) is 9.39. The molecule has 7 heteroatoms. The molecule has 28 heavy (non-hydrogen) atoms. The van der Waals surface area contributed by atoms with Crippen LogP contribution in [0.25, 0.3) is 11.4 Å². The van der Waals surface area contributed by atoms with Crippen molar-refractivity contribution in [1.82, 2.24) is 24.6 Å². The van der Waals surface area contributed by atoms with Crippen molar-refractivity contribution < 1.29 is 9.53 Å². The summed E-state index contributed by atoms with van der Waals surface area (Å²) in [6.07, 6.45) is 1.59. The second kappa shape index (κ2) is 7.42. The Morgan fingerprint density at radius 1 is 1.18 bits per heavy atom. The summed E-state index contributed by atoms with van der Waals surface area (Å²) in [7, 11) is 1.58. The van der Waals surface area contributed by atoms with Crippen LogP contribution in [0.2, 0.25) is 0 Å². The number of aromatic nitrogens is 4. The summed E-state index contributed by atoms with van der Waals surface area (Å²) in [5.41, 5.74) is 1.35. The number of carbonyl (C=O) groups is 1. The van der Waals surface area contributed by atoms with Gasteiger partial charge in [-0.3, -0.25) is 9.78 Å². The predicted octanol–water partition coefficient (Wildman–Crippen LogP) is 3.20. The van der Waals surface area contributed by atoms with Crippen LogP contribution >= 0.6 is 0 Å². The molecule has 4 rings (SSSR count). The standard InChI is InChI=1S/C21H23N5O2/c1-14(2)18-20-23-19(15-7-5-4-6-8-15)24-26(20)12-11-25(18)21(27)17-13-16(28-3)9-10-22-17/h4-10,13-14,18H,11-12H2,1-3H3/t18-/m0/s1. The van der Waals surface area contributed by atoms with E-state index in [0.29, 0.717) is 30.4 Å². The lowest BCUT2D eigenvalue weighted by Crippen LogP contribution is -2.44. The minimum atomic E-state index is -0.167. The summed E-state index contributed by atoms with van der Waals surface area (Å²) in [6, 6.07) is 13.1. The highest BCUT2D eigenvalue weighted by Crippen LogP contribution is 2.33. The molecule has 0 fully saturated rings. The highest BCUT2D eigenvalue weighted by Gasteiger charge is 2.36. The van der Waals surface area contributed by atoms with Crippen molar-refractivity contribution in [3.63, 3.8) is 0 Å². The maximum absolute atomic E-state index is 13.2. The van der Waals surface area contributed by atoms with E-state index in [1.54, 1.807) is 25.4 Å². The molecule has 2 aromatic heterocycles. The maximum Gasteiger partial charge on any atom is 0.273 e. The zero-order chi connectivity index (χ0) is 19.7. The first kappa shape index (κ1) is 18.2. The third-order valence-electron chi connectivity index (χ3n) is 4.96. The smallest absolute Gasteiger partial charge is 0.273 e. The van der Waals surface area contributed by atoms with Crippen LogP contribution in [0.1, 0.15) is 36.2 Å². The third kappa shape index (κ3) is 3.24. The second-order valence-corrected chi connectivity index (χ2v) is 7.15. The van der Waals surface area contributed by atoms with E-state index in [4.69, 9.17) is 9.72 Å². The minimum Gasteiger partial charge on any atom is -0.497 e. The topological polar surface area (TPSA) is 73.1 Å². The molecule has 0 aliphatic carbocycles. The molecule has 0 bridgehead atoms. The normalized spacial score (nSPS) is 16.1. The fourth-order valence-electron chi connectivity index (χ4n) is 3.62. The van der Waals surface area contributed by atoms with Crippen LogP contribution in [0.15, 0.2) is 48.7 Å². The first-order valence-corrected chi connectivity index (χ1v) is 9.39.